The lowest BCUT2D eigenvalue weighted by molar-refractivity contribution is -0.127. The Morgan fingerprint density at radius 3 is 2.69 bits per heavy atom. The van der Waals surface area contributed by atoms with Crippen LogP contribution in [-0.2, 0) is 14.3 Å². The largest absolute Gasteiger partial charge is 0.394 e. The maximum absolute atomic E-state index is 13.0. The number of anilines is 1. The zero-order chi connectivity index (χ0) is 27.7. The molecule has 0 spiro atoms. The summed E-state index contributed by atoms with van der Waals surface area (Å²) in [5, 5.41) is 56.1. The number of amides is 2. The van der Waals surface area contributed by atoms with Crippen molar-refractivity contribution < 1.29 is 39.9 Å². The van der Waals surface area contributed by atoms with Gasteiger partial charge in [0.05, 0.1) is 19.0 Å². The molecule has 5 rings (SSSR count). The fourth-order valence-corrected chi connectivity index (χ4v) is 5.23. The molecule has 0 aromatic carbocycles. The molecule has 3 unspecified atom stereocenters. The number of likely N-dealkylation sites (tertiary alicyclic amines) is 1. The van der Waals surface area contributed by atoms with Gasteiger partial charge >= 0.3 is 0 Å². The van der Waals surface area contributed by atoms with Crippen LogP contribution in [0.5, 0.6) is 0 Å². The van der Waals surface area contributed by atoms with Gasteiger partial charge in [-0.25, -0.2) is 15.0 Å². The number of aliphatic hydroxyl groups is 5. The monoisotopic (exact) mass is 547 g/mol. The van der Waals surface area contributed by atoms with Crippen molar-refractivity contribution in [1.29, 1.82) is 0 Å². The zero-order valence-electron chi connectivity index (χ0n) is 21.1. The van der Waals surface area contributed by atoms with Crippen LogP contribution in [0.1, 0.15) is 31.9 Å². The van der Waals surface area contributed by atoms with E-state index in [-0.39, 0.29) is 17.9 Å². The van der Waals surface area contributed by atoms with Gasteiger partial charge in [0.2, 0.25) is 11.8 Å². The molecule has 1 aliphatic carbocycles. The Kier molecular flexibility index (Phi) is 8.06. The lowest BCUT2D eigenvalue weighted by atomic mass is 9.91. The van der Waals surface area contributed by atoms with Crippen molar-refractivity contribution in [3.8, 4) is 0 Å². The lowest BCUT2D eigenvalue weighted by Crippen LogP contribution is -2.49. The van der Waals surface area contributed by atoms with Gasteiger partial charge in [-0.1, -0.05) is 0 Å². The van der Waals surface area contributed by atoms with Crippen LogP contribution in [0.15, 0.2) is 24.3 Å². The molecule has 212 valence electrons. The molecule has 15 nitrogen and oxygen atoms in total. The Hall–Kier alpha value is -3.21. The Morgan fingerprint density at radius 2 is 1.97 bits per heavy atom. The molecule has 0 saturated carbocycles. The molecule has 2 aromatic heterocycles. The van der Waals surface area contributed by atoms with Crippen molar-refractivity contribution in [1.82, 2.24) is 29.7 Å². The smallest absolute Gasteiger partial charge is 0.247 e. The SMILES string of the molecule is O=C(N[C@@H]1[C@H](O)[C@@H](CO)O[C@H]1n1cnc2c(NCCCN3CCCC3=O)ncnc21)C1=CC(O)C(O)C(O)C1. The molecule has 0 bridgehead atoms. The molecule has 4 heterocycles. The Morgan fingerprint density at radius 1 is 1.15 bits per heavy atom. The molecule has 2 aromatic rings. The van der Waals surface area contributed by atoms with E-state index in [1.54, 1.807) is 0 Å². The number of rotatable bonds is 9. The summed E-state index contributed by atoms with van der Waals surface area (Å²) in [7, 11) is 0. The van der Waals surface area contributed by atoms with E-state index in [9.17, 15) is 35.1 Å². The average Bonchev–Trinajstić information content (AvgIpc) is 3.62. The van der Waals surface area contributed by atoms with E-state index >= 15 is 0 Å². The zero-order valence-corrected chi connectivity index (χ0v) is 21.1. The van der Waals surface area contributed by atoms with E-state index in [0.717, 1.165) is 25.5 Å². The number of hydrogen-bond donors (Lipinski definition) is 7. The first kappa shape index (κ1) is 27.4. The standard InChI is InChI=1S/C24H33N7O8/c32-9-15-20(37)17(29-23(38)12-7-13(33)19(36)14(34)8-12)24(39-15)31-11-28-18-21(26-10-27-22(18)31)25-4-2-6-30-5-1-3-16(30)35/h7,10-11,13-15,17,19-20,24,32-34,36-37H,1-6,8-9H2,(H,29,38)(H,25,26,27)/t13?,14?,15-,17-,19?,20-,24-/m1/s1. The van der Waals surface area contributed by atoms with E-state index in [4.69, 9.17) is 4.74 Å². The second kappa shape index (κ2) is 11.5. The Bertz CT molecular complexity index is 1240. The molecule has 2 amide bonds. The summed E-state index contributed by atoms with van der Waals surface area (Å²) in [5.74, 6) is -0.0307. The third-order valence-electron chi connectivity index (χ3n) is 7.39. The maximum atomic E-state index is 13.0. The molecule has 2 aliphatic heterocycles. The van der Waals surface area contributed by atoms with Crippen LogP contribution < -0.4 is 10.6 Å². The van der Waals surface area contributed by atoms with Gasteiger partial charge in [0.15, 0.2) is 23.2 Å². The summed E-state index contributed by atoms with van der Waals surface area (Å²) in [6.07, 6.45) is -1.51. The Labute approximate surface area is 223 Å². The van der Waals surface area contributed by atoms with Crippen LogP contribution in [0.3, 0.4) is 0 Å². The summed E-state index contributed by atoms with van der Waals surface area (Å²) < 4.78 is 7.40. The minimum absolute atomic E-state index is 0.0404. The van der Waals surface area contributed by atoms with Crippen molar-refractivity contribution in [2.75, 3.05) is 31.6 Å². The summed E-state index contributed by atoms with van der Waals surface area (Å²) in [4.78, 5) is 39.6. The normalized spacial score (nSPS) is 31.1. The highest BCUT2D eigenvalue weighted by Crippen LogP contribution is 2.33. The average molecular weight is 548 g/mol. The van der Waals surface area contributed by atoms with Crippen molar-refractivity contribution in [2.24, 2.45) is 0 Å². The molecular formula is C24H33N7O8. The van der Waals surface area contributed by atoms with Crippen molar-refractivity contribution >= 4 is 28.8 Å². The summed E-state index contributed by atoms with van der Waals surface area (Å²) in [6, 6.07) is -1.04. The van der Waals surface area contributed by atoms with E-state index in [0.29, 0.717) is 36.5 Å². The highest BCUT2D eigenvalue weighted by molar-refractivity contribution is 5.94. The van der Waals surface area contributed by atoms with Crippen LogP contribution in [-0.4, -0.2) is 125 Å². The number of imidazole rings is 1. The fraction of sp³-hybridized carbons (Fsp3) is 0.625. The van der Waals surface area contributed by atoms with Crippen LogP contribution in [0, 0.1) is 0 Å². The third kappa shape index (κ3) is 5.46. The van der Waals surface area contributed by atoms with Gasteiger partial charge < -0.3 is 45.8 Å². The number of ether oxygens (including phenoxy) is 1. The first-order chi connectivity index (χ1) is 18.8. The number of carbonyl (C=O) groups is 2. The van der Waals surface area contributed by atoms with E-state index in [2.05, 4.69) is 25.6 Å². The third-order valence-corrected chi connectivity index (χ3v) is 7.39. The molecule has 0 radical (unpaired) electrons. The van der Waals surface area contributed by atoms with Gasteiger partial charge in [-0.2, -0.15) is 0 Å². The van der Waals surface area contributed by atoms with Crippen molar-refractivity contribution in [3.63, 3.8) is 0 Å². The highest BCUT2D eigenvalue weighted by Gasteiger charge is 2.46. The second-order valence-corrected chi connectivity index (χ2v) is 9.99. The molecule has 7 N–H and O–H groups in total. The summed E-state index contributed by atoms with van der Waals surface area (Å²) >= 11 is 0. The number of aromatic nitrogens is 4. The van der Waals surface area contributed by atoms with Gasteiger partial charge in [0.25, 0.3) is 0 Å². The molecule has 39 heavy (non-hydrogen) atoms. The lowest BCUT2D eigenvalue weighted by Gasteiger charge is -2.29. The quantitative estimate of drug-likeness (QED) is 0.161. The topological polar surface area (TPSA) is 215 Å². The molecule has 15 heteroatoms. The fourth-order valence-electron chi connectivity index (χ4n) is 5.23. The van der Waals surface area contributed by atoms with Gasteiger partial charge in [-0.05, 0) is 18.9 Å². The minimum Gasteiger partial charge on any atom is -0.394 e. The van der Waals surface area contributed by atoms with Crippen LogP contribution in [0.4, 0.5) is 5.82 Å². The van der Waals surface area contributed by atoms with E-state index < -0.39 is 55.3 Å². The number of nitrogens with one attached hydrogen (secondary N) is 2. The molecule has 2 saturated heterocycles. The minimum atomic E-state index is -1.42. The summed E-state index contributed by atoms with van der Waals surface area (Å²) in [5.41, 5.74) is 0.835. The van der Waals surface area contributed by atoms with Gasteiger partial charge in [-0.15, -0.1) is 0 Å². The molecule has 7 atom stereocenters. The van der Waals surface area contributed by atoms with E-state index in [1.807, 2.05) is 4.90 Å². The van der Waals surface area contributed by atoms with E-state index in [1.165, 1.54) is 17.2 Å². The van der Waals surface area contributed by atoms with Crippen molar-refractivity contribution in [3.05, 3.63) is 24.3 Å². The number of hydrogen-bond acceptors (Lipinski definition) is 12. The van der Waals surface area contributed by atoms with Gasteiger partial charge in [-0.3, -0.25) is 14.2 Å². The number of nitrogens with zero attached hydrogens (tertiary/aromatic N) is 5. The molecule has 3 aliphatic rings. The number of aliphatic hydroxyl groups excluding tert-OH is 5. The highest BCUT2D eigenvalue weighted by atomic mass is 16.5. The number of carbonyl (C=O) groups excluding carboxylic acids is 2. The molecule has 2 fully saturated rings. The second-order valence-electron chi connectivity index (χ2n) is 9.99. The first-order valence-electron chi connectivity index (χ1n) is 13.0. The van der Waals surface area contributed by atoms with Crippen LogP contribution in [0.2, 0.25) is 0 Å². The maximum Gasteiger partial charge on any atom is 0.247 e. The van der Waals surface area contributed by atoms with Gasteiger partial charge in [0, 0.05) is 38.0 Å². The Balaban J connectivity index is 1.32. The predicted molar refractivity (Wildman–Crippen MR) is 134 cm³/mol. The van der Waals surface area contributed by atoms with Gasteiger partial charge in [0.1, 0.15) is 36.8 Å². The van der Waals surface area contributed by atoms with Crippen LogP contribution >= 0.6 is 0 Å². The summed E-state index contributed by atoms with van der Waals surface area (Å²) in [6.45, 7) is 1.47. The molecular weight excluding hydrogens is 514 g/mol. The predicted octanol–water partition coefficient (Wildman–Crippen LogP) is -2.60. The number of fused-ring (bicyclic) bond motifs is 1. The first-order valence-corrected chi connectivity index (χ1v) is 13.0. The van der Waals surface area contributed by atoms with Crippen molar-refractivity contribution in [2.45, 2.75) is 68.5 Å². The van der Waals surface area contributed by atoms with Crippen LogP contribution in [0.25, 0.3) is 11.2 Å².